The Balaban J connectivity index is 1.19. The van der Waals surface area contributed by atoms with Crippen molar-refractivity contribution in [1.82, 2.24) is 15.2 Å². The number of amides is 2. The summed E-state index contributed by atoms with van der Waals surface area (Å²) < 4.78 is 6.25. The van der Waals surface area contributed by atoms with Crippen LogP contribution < -0.4 is 5.32 Å². The molecule has 2 amide bonds. The molecule has 30 heavy (non-hydrogen) atoms. The zero-order valence-corrected chi connectivity index (χ0v) is 17.0. The Bertz CT molecular complexity index is 1040. The first-order valence-electron chi connectivity index (χ1n) is 11.2. The lowest BCUT2D eigenvalue weighted by Crippen LogP contribution is -2.46. The molecule has 1 aliphatic carbocycles. The Morgan fingerprint density at radius 1 is 1.27 bits per heavy atom. The van der Waals surface area contributed by atoms with E-state index in [2.05, 4.69) is 22.4 Å². The minimum atomic E-state index is -0.625. The largest absolute Gasteiger partial charge is 0.361 e. The van der Waals surface area contributed by atoms with E-state index in [0.29, 0.717) is 13.1 Å². The Labute approximate surface area is 175 Å². The number of hydrogen-bond acceptors (Lipinski definition) is 3. The maximum absolute atomic E-state index is 13.4. The number of nitrogens with zero attached hydrogens (tertiary/aromatic N) is 1. The van der Waals surface area contributed by atoms with Crippen LogP contribution in [0.4, 0.5) is 0 Å². The number of para-hydroxylation sites is 1. The summed E-state index contributed by atoms with van der Waals surface area (Å²) in [4.78, 5) is 31.6. The molecule has 2 N–H and O–H groups in total. The van der Waals surface area contributed by atoms with Crippen LogP contribution in [0.25, 0.3) is 10.9 Å². The predicted molar refractivity (Wildman–Crippen MR) is 113 cm³/mol. The highest BCUT2D eigenvalue weighted by Gasteiger charge is 2.66. The summed E-state index contributed by atoms with van der Waals surface area (Å²) >= 11 is 0. The van der Waals surface area contributed by atoms with Crippen molar-refractivity contribution >= 4 is 22.7 Å². The molecule has 4 atom stereocenters. The molecule has 0 radical (unpaired) electrons. The summed E-state index contributed by atoms with van der Waals surface area (Å²) in [5, 5.41) is 4.40. The van der Waals surface area contributed by atoms with Crippen LogP contribution in [-0.2, 0) is 20.7 Å². The molecule has 2 bridgehead atoms. The summed E-state index contributed by atoms with van der Waals surface area (Å²) in [6.07, 6.45) is 11.0. The van der Waals surface area contributed by atoms with Gasteiger partial charge in [-0.15, -0.1) is 0 Å². The molecule has 6 rings (SSSR count). The quantitative estimate of drug-likeness (QED) is 0.751. The highest BCUT2D eigenvalue weighted by molar-refractivity contribution is 5.93. The van der Waals surface area contributed by atoms with Gasteiger partial charge in [0.15, 0.2) is 0 Å². The molecule has 3 aliphatic heterocycles. The number of H-pyrrole nitrogens is 1. The third-order valence-electron chi connectivity index (χ3n) is 7.51. The second kappa shape index (κ2) is 6.71. The highest BCUT2D eigenvalue weighted by Crippen LogP contribution is 2.52. The van der Waals surface area contributed by atoms with Crippen molar-refractivity contribution in [1.29, 1.82) is 0 Å². The number of benzene rings is 1. The number of carbonyl (C=O) groups excluding carboxylic acids is 2. The van der Waals surface area contributed by atoms with E-state index in [4.69, 9.17) is 4.74 Å². The SMILES string of the molecule is O=C(NC1CCCC1)C1C2C=CC3(CN(CCc4c[nH]c5ccccc45)C(=O)C13)O2. The maximum atomic E-state index is 13.4. The fourth-order valence-corrected chi connectivity index (χ4v) is 6.03. The molecule has 1 saturated carbocycles. The van der Waals surface area contributed by atoms with Crippen LogP contribution >= 0.6 is 0 Å². The van der Waals surface area contributed by atoms with Crippen molar-refractivity contribution in [2.75, 3.05) is 13.1 Å². The smallest absolute Gasteiger partial charge is 0.230 e. The Morgan fingerprint density at radius 2 is 2.10 bits per heavy atom. The molecule has 3 fully saturated rings. The number of hydrogen-bond donors (Lipinski definition) is 2. The molecule has 2 aromatic rings. The first kappa shape index (κ1) is 18.2. The van der Waals surface area contributed by atoms with E-state index in [0.717, 1.165) is 24.8 Å². The van der Waals surface area contributed by atoms with Gasteiger partial charge in [-0.25, -0.2) is 0 Å². The molecular formula is C24H27N3O3. The van der Waals surface area contributed by atoms with E-state index in [1.807, 2.05) is 35.4 Å². The molecule has 4 aliphatic rings. The molecule has 156 valence electrons. The highest BCUT2D eigenvalue weighted by atomic mass is 16.5. The minimum absolute atomic E-state index is 0.00467. The Kier molecular flexibility index (Phi) is 4.07. The first-order valence-corrected chi connectivity index (χ1v) is 11.2. The fourth-order valence-electron chi connectivity index (χ4n) is 6.03. The van der Waals surface area contributed by atoms with Crippen molar-refractivity contribution in [2.24, 2.45) is 11.8 Å². The normalized spacial score (nSPS) is 32.5. The van der Waals surface area contributed by atoms with Gasteiger partial charge in [0.1, 0.15) is 5.60 Å². The molecule has 4 unspecified atom stereocenters. The van der Waals surface area contributed by atoms with E-state index < -0.39 is 17.4 Å². The Morgan fingerprint density at radius 3 is 2.97 bits per heavy atom. The zero-order chi connectivity index (χ0) is 20.3. The van der Waals surface area contributed by atoms with Crippen LogP contribution in [0.1, 0.15) is 31.2 Å². The standard InChI is InChI=1S/C24H27N3O3/c28-22(26-16-5-1-2-6-16)20-19-9-11-24(30-19)14-27(23(29)21(20)24)12-10-15-13-25-18-8-4-3-7-17(15)18/h3-4,7-9,11,13,16,19-21,25H,1-2,5-6,10,12,14H2,(H,26,28). The zero-order valence-electron chi connectivity index (χ0n) is 17.0. The van der Waals surface area contributed by atoms with Gasteiger partial charge < -0.3 is 19.9 Å². The van der Waals surface area contributed by atoms with Gasteiger partial charge in [0.25, 0.3) is 0 Å². The third kappa shape index (κ3) is 2.66. The van der Waals surface area contributed by atoms with Crippen LogP contribution in [0, 0.1) is 11.8 Å². The van der Waals surface area contributed by atoms with Gasteiger partial charge in [0.2, 0.25) is 11.8 Å². The monoisotopic (exact) mass is 405 g/mol. The second-order valence-electron chi connectivity index (χ2n) is 9.26. The summed E-state index contributed by atoms with van der Waals surface area (Å²) in [5.41, 5.74) is 1.70. The van der Waals surface area contributed by atoms with Gasteiger partial charge in [0.05, 0.1) is 24.5 Å². The average Bonchev–Trinajstić information content (AvgIpc) is 3.55. The minimum Gasteiger partial charge on any atom is -0.361 e. The van der Waals surface area contributed by atoms with E-state index in [-0.39, 0.29) is 24.0 Å². The van der Waals surface area contributed by atoms with Crippen LogP contribution in [0.3, 0.4) is 0 Å². The first-order chi connectivity index (χ1) is 14.6. The van der Waals surface area contributed by atoms with Crippen molar-refractivity contribution in [2.45, 2.75) is 49.9 Å². The Hall–Kier alpha value is -2.60. The van der Waals surface area contributed by atoms with E-state index in [1.165, 1.54) is 23.8 Å². The number of rotatable bonds is 5. The van der Waals surface area contributed by atoms with Crippen LogP contribution in [0.5, 0.6) is 0 Å². The maximum Gasteiger partial charge on any atom is 0.230 e. The lowest BCUT2D eigenvalue weighted by atomic mass is 9.76. The van der Waals surface area contributed by atoms with Crippen LogP contribution in [-0.4, -0.2) is 52.5 Å². The number of carbonyl (C=O) groups is 2. The molecule has 1 aromatic heterocycles. The molecule has 6 heteroatoms. The van der Waals surface area contributed by atoms with E-state index in [1.54, 1.807) is 0 Å². The molecule has 2 saturated heterocycles. The summed E-state index contributed by atoms with van der Waals surface area (Å²) in [6.45, 7) is 1.18. The number of likely N-dealkylation sites (tertiary alicyclic amines) is 1. The number of ether oxygens (including phenoxy) is 1. The van der Waals surface area contributed by atoms with Crippen molar-refractivity contribution in [3.63, 3.8) is 0 Å². The molecule has 4 heterocycles. The summed E-state index contributed by atoms with van der Waals surface area (Å²) in [5.74, 6) is -0.735. The third-order valence-corrected chi connectivity index (χ3v) is 7.51. The molecule has 1 spiro atoms. The van der Waals surface area contributed by atoms with Crippen molar-refractivity contribution in [3.05, 3.63) is 48.2 Å². The van der Waals surface area contributed by atoms with E-state index >= 15 is 0 Å². The molecular weight excluding hydrogens is 378 g/mol. The summed E-state index contributed by atoms with van der Waals surface area (Å²) in [7, 11) is 0. The lowest BCUT2D eigenvalue weighted by Gasteiger charge is -2.25. The van der Waals surface area contributed by atoms with Gasteiger partial charge in [-0.2, -0.15) is 0 Å². The number of nitrogens with one attached hydrogen (secondary N) is 2. The lowest BCUT2D eigenvalue weighted by molar-refractivity contribution is -0.137. The van der Waals surface area contributed by atoms with E-state index in [9.17, 15) is 9.59 Å². The predicted octanol–water partition coefficient (Wildman–Crippen LogP) is 2.55. The van der Waals surface area contributed by atoms with Crippen LogP contribution in [0.2, 0.25) is 0 Å². The van der Waals surface area contributed by atoms with Gasteiger partial charge in [-0.1, -0.05) is 43.2 Å². The second-order valence-corrected chi connectivity index (χ2v) is 9.26. The van der Waals surface area contributed by atoms with Gasteiger partial charge in [-0.05, 0) is 30.9 Å². The number of aromatic amines is 1. The van der Waals surface area contributed by atoms with Crippen LogP contribution in [0.15, 0.2) is 42.6 Å². The topological polar surface area (TPSA) is 74.4 Å². The van der Waals surface area contributed by atoms with Gasteiger partial charge >= 0.3 is 0 Å². The average molecular weight is 405 g/mol. The van der Waals surface area contributed by atoms with Gasteiger partial charge in [-0.3, -0.25) is 9.59 Å². The van der Waals surface area contributed by atoms with Gasteiger partial charge in [0, 0.05) is 29.7 Å². The molecule has 1 aromatic carbocycles. The molecule has 6 nitrogen and oxygen atoms in total. The fraction of sp³-hybridized carbons (Fsp3) is 0.500. The number of aromatic nitrogens is 1. The van der Waals surface area contributed by atoms with Crippen molar-refractivity contribution < 1.29 is 14.3 Å². The summed E-state index contributed by atoms with van der Waals surface area (Å²) in [6, 6.07) is 8.48. The number of fused-ring (bicyclic) bond motifs is 2. The van der Waals surface area contributed by atoms with Crippen molar-refractivity contribution in [3.8, 4) is 0 Å².